The summed E-state index contributed by atoms with van der Waals surface area (Å²) in [6, 6.07) is 11.2. The van der Waals surface area contributed by atoms with Crippen molar-refractivity contribution in [2.45, 2.75) is 0 Å². The van der Waals surface area contributed by atoms with E-state index in [4.69, 9.17) is 31.2 Å². The van der Waals surface area contributed by atoms with Crippen LogP contribution in [0.4, 0.5) is 0 Å². The summed E-state index contributed by atoms with van der Waals surface area (Å²) in [5.74, 6) is 2.89. The van der Waals surface area contributed by atoms with Crippen molar-refractivity contribution in [3.8, 4) is 23.0 Å². The average Bonchev–Trinajstić information content (AvgIpc) is 2.73. The van der Waals surface area contributed by atoms with Crippen molar-refractivity contribution in [1.82, 2.24) is 10.9 Å². The molecular weight excluding hydrogens is 380 g/mol. The quantitative estimate of drug-likeness (QED) is 0.463. The van der Waals surface area contributed by atoms with Gasteiger partial charge in [0.1, 0.15) is 26.4 Å². The summed E-state index contributed by atoms with van der Waals surface area (Å²) in [6.45, 7) is 2.21. The Hall–Kier alpha value is -3.33. The fourth-order valence-electron chi connectivity index (χ4n) is 2.64. The lowest BCUT2D eigenvalue weighted by molar-refractivity contribution is 0.171. The summed E-state index contributed by atoms with van der Waals surface area (Å²) < 4.78 is 22.1. The normalized spacial score (nSPS) is 14.9. The van der Waals surface area contributed by atoms with Crippen molar-refractivity contribution in [2.75, 3.05) is 26.4 Å². The zero-order valence-corrected chi connectivity index (χ0v) is 15.7. The molecule has 0 spiro atoms. The molecule has 0 amide bonds. The fraction of sp³-hybridized carbons (Fsp3) is 0.211. The van der Waals surface area contributed by atoms with Crippen molar-refractivity contribution in [1.29, 1.82) is 0 Å². The lowest BCUT2D eigenvalue weighted by Crippen LogP contribution is -2.28. The van der Waals surface area contributed by atoms with Crippen LogP contribution in [0.25, 0.3) is 0 Å². The fourth-order valence-corrected chi connectivity index (χ4v) is 2.74. The Bertz CT molecular complexity index is 859. The van der Waals surface area contributed by atoms with Gasteiger partial charge in [0, 0.05) is 0 Å². The predicted molar refractivity (Wildman–Crippen MR) is 109 cm³/mol. The minimum atomic E-state index is 0.266. The molecule has 28 heavy (non-hydrogen) atoms. The van der Waals surface area contributed by atoms with Gasteiger partial charge in [0.05, 0.1) is 12.4 Å². The molecule has 2 aliphatic rings. The molecule has 0 aliphatic carbocycles. The third-order valence-corrected chi connectivity index (χ3v) is 4.07. The first-order valence-corrected chi connectivity index (χ1v) is 9.10. The molecule has 144 valence electrons. The molecule has 2 heterocycles. The van der Waals surface area contributed by atoms with Crippen LogP contribution in [0.15, 0.2) is 46.6 Å². The monoisotopic (exact) mass is 398 g/mol. The first kappa shape index (κ1) is 18.1. The van der Waals surface area contributed by atoms with Crippen molar-refractivity contribution in [2.24, 2.45) is 10.2 Å². The van der Waals surface area contributed by atoms with Gasteiger partial charge in [-0.3, -0.25) is 10.9 Å². The highest BCUT2D eigenvalue weighted by molar-refractivity contribution is 7.80. The molecule has 0 radical (unpaired) electrons. The van der Waals surface area contributed by atoms with Crippen molar-refractivity contribution in [3.05, 3.63) is 47.5 Å². The third-order valence-electron chi connectivity index (χ3n) is 3.89. The Balaban J connectivity index is 1.27. The number of nitrogens with zero attached hydrogens (tertiary/aromatic N) is 2. The number of fused-ring (bicyclic) bond motifs is 2. The van der Waals surface area contributed by atoms with Crippen LogP contribution in [-0.4, -0.2) is 44.0 Å². The highest BCUT2D eigenvalue weighted by atomic mass is 32.1. The summed E-state index contributed by atoms with van der Waals surface area (Å²) >= 11 is 5.14. The maximum atomic E-state index is 5.54. The molecule has 0 saturated heterocycles. The first-order valence-electron chi connectivity index (χ1n) is 8.69. The zero-order valence-electron chi connectivity index (χ0n) is 14.9. The van der Waals surface area contributed by atoms with Crippen LogP contribution in [0.3, 0.4) is 0 Å². The smallest absolute Gasteiger partial charge is 0.207 e. The lowest BCUT2D eigenvalue weighted by Gasteiger charge is -2.18. The maximum absolute atomic E-state index is 5.54. The van der Waals surface area contributed by atoms with E-state index in [1.54, 1.807) is 12.4 Å². The van der Waals surface area contributed by atoms with E-state index in [0.29, 0.717) is 37.9 Å². The summed E-state index contributed by atoms with van der Waals surface area (Å²) in [4.78, 5) is 0. The van der Waals surface area contributed by atoms with Crippen molar-refractivity contribution >= 4 is 29.8 Å². The average molecular weight is 398 g/mol. The van der Waals surface area contributed by atoms with Gasteiger partial charge >= 0.3 is 0 Å². The highest BCUT2D eigenvalue weighted by Crippen LogP contribution is 2.31. The summed E-state index contributed by atoms with van der Waals surface area (Å²) in [5.41, 5.74) is 7.13. The van der Waals surface area contributed by atoms with Crippen LogP contribution >= 0.6 is 12.2 Å². The molecule has 8 nitrogen and oxygen atoms in total. The van der Waals surface area contributed by atoms with Gasteiger partial charge < -0.3 is 18.9 Å². The molecule has 0 unspecified atom stereocenters. The van der Waals surface area contributed by atoms with Gasteiger partial charge in [0.15, 0.2) is 23.0 Å². The Labute approximate surface area is 167 Å². The Morgan fingerprint density at radius 1 is 0.714 bits per heavy atom. The van der Waals surface area contributed by atoms with Gasteiger partial charge in [-0.15, -0.1) is 0 Å². The van der Waals surface area contributed by atoms with Crippen LogP contribution in [-0.2, 0) is 0 Å². The highest BCUT2D eigenvalue weighted by Gasteiger charge is 2.11. The Morgan fingerprint density at radius 2 is 1.14 bits per heavy atom. The van der Waals surface area contributed by atoms with E-state index in [-0.39, 0.29) is 5.11 Å². The summed E-state index contributed by atoms with van der Waals surface area (Å²) in [6.07, 6.45) is 3.27. The standard InChI is InChI=1S/C19H18N4O4S/c28-19(22-20-11-13-1-3-15-17(9-13)26-7-5-24-15)23-21-12-14-2-4-16-18(10-14)27-8-6-25-16/h1-4,9-12H,5-8H2,(H2,22,23,28)/b20-11+,21-12+. The molecule has 2 aromatic carbocycles. The lowest BCUT2D eigenvalue weighted by atomic mass is 10.2. The van der Waals surface area contributed by atoms with Crippen LogP contribution in [0.1, 0.15) is 11.1 Å². The van der Waals surface area contributed by atoms with Gasteiger partial charge in [-0.2, -0.15) is 10.2 Å². The Morgan fingerprint density at radius 3 is 1.61 bits per heavy atom. The van der Waals surface area contributed by atoms with E-state index < -0.39 is 0 Å². The molecule has 4 rings (SSSR count). The molecule has 0 aromatic heterocycles. The van der Waals surface area contributed by atoms with E-state index in [1.165, 1.54) is 0 Å². The summed E-state index contributed by atoms with van der Waals surface area (Å²) in [7, 11) is 0. The molecule has 0 saturated carbocycles. The third kappa shape index (κ3) is 4.49. The molecule has 2 aromatic rings. The second-order valence-electron chi connectivity index (χ2n) is 5.88. The molecule has 0 fully saturated rings. The molecule has 2 N–H and O–H groups in total. The topological polar surface area (TPSA) is 85.7 Å². The molecular formula is C19H18N4O4S. The SMILES string of the molecule is S=C(N/N=C/c1ccc2c(c1)OCCO2)N/N=C/c1ccc2c(c1)OCCO2. The van der Waals surface area contributed by atoms with Gasteiger partial charge in [-0.25, -0.2) is 0 Å². The van der Waals surface area contributed by atoms with Gasteiger partial charge in [-0.05, 0) is 59.7 Å². The van der Waals surface area contributed by atoms with Crippen LogP contribution < -0.4 is 29.8 Å². The number of thiocarbonyl (C=S) groups is 1. The number of ether oxygens (including phenoxy) is 4. The van der Waals surface area contributed by atoms with Crippen molar-refractivity contribution < 1.29 is 18.9 Å². The molecule has 0 bridgehead atoms. The number of rotatable bonds is 4. The second kappa shape index (κ2) is 8.57. The molecule has 9 heteroatoms. The summed E-state index contributed by atoms with van der Waals surface area (Å²) in [5, 5.41) is 8.44. The number of hydrazone groups is 2. The van der Waals surface area contributed by atoms with Crippen LogP contribution in [0.5, 0.6) is 23.0 Å². The van der Waals surface area contributed by atoms with Crippen molar-refractivity contribution in [3.63, 3.8) is 0 Å². The van der Waals surface area contributed by atoms with Gasteiger partial charge in [-0.1, -0.05) is 0 Å². The van der Waals surface area contributed by atoms with E-state index in [0.717, 1.165) is 22.6 Å². The van der Waals surface area contributed by atoms with E-state index in [9.17, 15) is 0 Å². The maximum Gasteiger partial charge on any atom is 0.207 e. The number of nitrogens with one attached hydrogen (secondary N) is 2. The Kier molecular flexibility index (Phi) is 5.53. The minimum absolute atomic E-state index is 0.266. The van der Waals surface area contributed by atoms with Gasteiger partial charge in [0.2, 0.25) is 5.11 Å². The van der Waals surface area contributed by atoms with E-state index >= 15 is 0 Å². The molecule has 2 aliphatic heterocycles. The predicted octanol–water partition coefficient (Wildman–Crippen LogP) is 2.06. The largest absolute Gasteiger partial charge is 0.486 e. The number of hydrogen-bond donors (Lipinski definition) is 2. The van der Waals surface area contributed by atoms with Crippen LogP contribution in [0.2, 0.25) is 0 Å². The van der Waals surface area contributed by atoms with E-state index in [1.807, 2.05) is 36.4 Å². The first-order chi connectivity index (χ1) is 13.8. The van der Waals surface area contributed by atoms with Gasteiger partial charge in [0.25, 0.3) is 0 Å². The minimum Gasteiger partial charge on any atom is -0.486 e. The second-order valence-corrected chi connectivity index (χ2v) is 6.28. The van der Waals surface area contributed by atoms with Crippen LogP contribution in [0, 0.1) is 0 Å². The number of benzene rings is 2. The number of hydrogen-bond acceptors (Lipinski definition) is 7. The van der Waals surface area contributed by atoms with E-state index in [2.05, 4.69) is 21.1 Å². The zero-order chi connectivity index (χ0) is 19.2. The molecule has 0 atom stereocenters.